The largest absolute Gasteiger partial charge is 0.462 e. The smallest absolute Gasteiger partial charge is 0.306 e. The Kier molecular flexibility index (Phi) is 47.5. The number of rotatable bonds is 45. The molecule has 0 aromatic carbocycles. The number of unbranched alkanes of at least 4 members (excludes halogenated alkanes) is 20. The van der Waals surface area contributed by atoms with Crippen molar-refractivity contribution in [3.63, 3.8) is 0 Å². The highest BCUT2D eigenvalue weighted by molar-refractivity contribution is 5.71. The molecule has 0 aromatic rings. The zero-order chi connectivity index (χ0) is 45.1. The van der Waals surface area contributed by atoms with E-state index in [2.05, 4.69) is 106 Å². The summed E-state index contributed by atoms with van der Waals surface area (Å²) in [6.45, 7) is 6.42. The van der Waals surface area contributed by atoms with E-state index in [4.69, 9.17) is 14.2 Å². The second-order valence-electron chi connectivity index (χ2n) is 16.7. The summed E-state index contributed by atoms with van der Waals surface area (Å²) in [5, 5.41) is 0. The standard InChI is InChI=1S/C56H94O6/c1-4-7-10-13-16-19-22-25-28-31-34-37-40-43-46-49-55(58)61-52-53(51-60-54(57)48-45-42-39-36-33-30-27-24-21-18-15-12-9-6-3)62-56(59)50-47-44-41-38-35-32-29-26-23-20-17-14-11-8-5-2/h7,10,16-17,19-20,24-29,34,37,53H,4-6,8-9,11-15,18,21-23,30-33,35-36,38-52H2,1-3H3/b10-7-,19-16-,20-17-,27-24-,28-25-,29-26-,37-34-. The monoisotopic (exact) mass is 863 g/mol. The molecule has 1 unspecified atom stereocenters. The van der Waals surface area contributed by atoms with Crippen molar-refractivity contribution in [3.05, 3.63) is 85.1 Å². The van der Waals surface area contributed by atoms with Crippen LogP contribution in [-0.4, -0.2) is 37.2 Å². The van der Waals surface area contributed by atoms with Crippen molar-refractivity contribution in [2.24, 2.45) is 0 Å². The molecule has 0 aromatic heterocycles. The van der Waals surface area contributed by atoms with E-state index in [-0.39, 0.29) is 31.1 Å². The molecule has 0 amide bonds. The van der Waals surface area contributed by atoms with Crippen LogP contribution in [0.3, 0.4) is 0 Å². The van der Waals surface area contributed by atoms with Crippen molar-refractivity contribution in [1.29, 1.82) is 0 Å². The summed E-state index contributed by atoms with van der Waals surface area (Å²) in [6.07, 6.45) is 64.2. The SMILES string of the molecule is CC/C=C\C/C=C\C/C=C\C/C=C\CCCCC(=O)OCC(COC(=O)CCCCCCC/C=C\CCCCCCC)OC(=O)CCCCCCC/C=C\C/C=C\CCCCC. The van der Waals surface area contributed by atoms with E-state index < -0.39 is 6.10 Å². The van der Waals surface area contributed by atoms with Gasteiger partial charge in [0, 0.05) is 19.3 Å². The number of hydrogen-bond acceptors (Lipinski definition) is 6. The predicted molar refractivity (Wildman–Crippen MR) is 265 cm³/mol. The van der Waals surface area contributed by atoms with Crippen LogP contribution in [0.5, 0.6) is 0 Å². The molecule has 0 aliphatic carbocycles. The first-order valence-corrected chi connectivity index (χ1v) is 25.6. The van der Waals surface area contributed by atoms with Gasteiger partial charge in [-0.2, -0.15) is 0 Å². The Hall–Kier alpha value is -3.41. The summed E-state index contributed by atoms with van der Waals surface area (Å²) < 4.78 is 16.7. The average Bonchev–Trinajstić information content (AvgIpc) is 3.27. The Labute approximate surface area is 382 Å². The quantitative estimate of drug-likeness (QED) is 0.0263. The zero-order valence-electron chi connectivity index (χ0n) is 40.4. The van der Waals surface area contributed by atoms with E-state index in [1.54, 1.807) is 0 Å². The van der Waals surface area contributed by atoms with Crippen LogP contribution in [0.2, 0.25) is 0 Å². The molecule has 0 spiro atoms. The third-order valence-corrected chi connectivity index (χ3v) is 10.6. The van der Waals surface area contributed by atoms with E-state index >= 15 is 0 Å². The van der Waals surface area contributed by atoms with Gasteiger partial charge in [-0.1, -0.05) is 183 Å². The highest BCUT2D eigenvalue weighted by atomic mass is 16.6. The minimum absolute atomic E-state index is 0.100. The third kappa shape index (κ3) is 47.6. The molecular weight excluding hydrogens is 769 g/mol. The highest BCUT2D eigenvalue weighted by Crippen LogP contribution is 2.13. The highest BCUT2D eigenvalue weighted by Gasteiger charge is 2.19. The molecule has 0 rings (SSSR count). The van der Waals surface area contributed by atoms with E-state index in [0.29, 0.717) is 19.3 Å². The van der Waals surface area contributed by atoms with Crippen LogP contribution in [0.4, 0.5) is 0 Å². The van der Waals surface area contributed by atoms with E-state index in [9.17, 15) is 14.4 Å². The molecule has 354 valence electrons. The lowest BCUT2D eigenvalue weighted by atomic mass is 10.1. The number of esters is 3. The van der Waals surface area contributed by atoms with Crippen molar-refractivity contribution in [1.82, 2.24) is 0 Å². The Morgan fingerprint density at radius 2 is 0.629 bits per heavy atom. The first-order valence-electron chi connectivity index (χ1n) is 25.6. The average molecular weight is 863 g/mol. The third-order valence-electron chi connectivity index (χ3n) is 10.6. The van der Waals surface area contributed by atoms with E-state index in [1.807, 2.05) is 0 Å². The van der Waals surface area contributed by atoms with E-state index in [1.165, 1.54) is 77.0 Å². The number of ether oxygens (including phenoxy) is 3. The van der Waals surface area contributed by atoms with Crippen LogP contribution in [0.1, 0.15) is 233 Å². The van der Waals surface area contributed by atoms with Crippen LogP contribution in [-0.2, 0) is 28.6 Å². The molecule has 62 heavy (non-hydrogen) atoms. The fourth-order valence-corrected chi connectivity index (χ4v) is 6.75. The first-order chi connectivity index (χ1) is 30.5. The minimum Gasteiger partial charge on any atom is -0.462 e. The van der Waals surface area contributed by atoms with Crippen LogP contribution in [0.25, 0.3) is 0 Å². The van der Waals surface area contributed by atoms with Gasteiger partial charge in [0.15, 0.2) is 6.10 Å². The van der Waals surface area contributed by atoms with Crippen molar-refractivity contribution in [2.45, 2.75) is 239 Å². The summed E-state index contributed by atoms with van der Waals surface area (Å²) in [5.74, 6) is -0.967. The maximum atomic E-state index is 12.8. The molecular formula is C56H94O6. The van der Waals surface area contributed by atoms with Crippen LogP contribution < -0.4 is 0 Å². The van der Waals surface area contributed by atoms with Crippen molar-refractivity contribution in [3.8, 4) is 0 Å². The molecule has 0 bridgehead atoms. The molecule has 0 fully saturated rings. The van der Waals surface area contributed by atoms with Crippen LogP contribution in [0.15, 0.2) is 85.1 Å². The molecule has 0 N–H and O–H groups in total. The Morgan fingerprint density at radius 1 is 0.339 bits per heavy atom. The summed E-state index contributed by atoms with van der Waals surface area (Å²) in [6, 6.07) is 0. The number of hydrogen-bond donors (Lipinski definition) is 0. The number of carbonyl (C=O) groups is 3. The van der Waals surface area contributed by atoms with Crippen molar-refractivity contribution >= 4 is 17.9 Å². The molecule has 6 nitrogen and oxygen atoms in total. The van der Waals surface area contributed by atoms with Crippen LogP contribution >= 0.6 is 0 Å². The Morgan fingerprint density at radius 3 is 1.06 bits per heavy atom. The fraction of sp³-hybridized carbons (Fsp3) is 0.696. The summed E-state index contributed by atoms with van der Waals surface area (Å²) in [5.41, 5.74) is 0. The lowest BCUT2D eigenvalue weighted by Crippen LogP contribution is -2.30. The van der Waals surface area contributed by atoms with Gasteiger partial charge >= 0.3 is 17.9 Å². The van der Waals surface area contributed by atoms with Gasteiger partial charge < -0.3 is 14.2 Å². The van der Waals surface area contributed by atoms with Gasteiger partial charge in [-0.25, -0.2) is 0 Å². The molecule has 0 heterocycles. The molecule has 0 radical (unpaired) electrons. The van der Waals surface area contributed by atoms with Crippen molar-refractivity contribution < 1.29 is 28.6 Å². The zero-order valence-corrected chi connectivity index (χ0v) is 40.4. The lowest BCUT2D eigenvalue weighted by Gasteiger charge is -2.18. The molecule has 0 saturated heterocycles. The van der Waals surface area contributed by atoms with Gasteiger partial charge in [0.1, 0.15) is 13.2 Å². The van der Waals surface area contributed by atoms with Gasteiger partial charge in [-0.15, -0.1) is 0 Å². The Bertz CT molecular complexity index is 1220. The summed E-state index contributed by atoms with van der Waals surface area (Å²) in [4.78, 5) is 37.9. The van der Waals surface area contributed by atoms with Gasteiger partial charge in [0.2, 0.25) is 0 Å². The van der Waals surface area contributed by atoms with Gasteiger partial charge in [0.25, 0.3) is 0 Å². The molecule has 0 aliphatic heterocycles. The van der Waals surface area contributed by atoms with Gasteiger partial charge in [0.05, 0.1) is 0 Å². The van der Waals surface area contributed by atoms with Crippen molar-refractivity contribution in [2.75, 3.05) is 13.2 Å². The molecule has 6 heteroatoms. The second-order valence-corrected chi connectivity index (χ2v) is 16.7. The lowest BCUT2D eigenvalue weighted by molar-refractivity contribution is -0.167. The summed E-state index contributed by atoms with van der Waals surface area (Å²) in [7, 11) is 0. The predicted octanol–water partition coefficient (Wildman–Crippen LogP) is 16.8. The van der Waals surface area contributed by atoms with Crippen LogP contribution in [0, 0.1) is 0 Å². The second kappa shape index (κ2) is 50.2. The first kappa shape index (κ1) is 58.6. The minimum atomic E-state index is -0.804. The maximum Gasteiger partial charge on any atom is 0.306 e. The van der Waals surface area contributed by atoms with E-state index in [0.717, 1.165) is 116 Å². The summed E-state index contributed by atoms with van der Waals surface area (Å²) >= 11 is 0. The number of carbonyl (C=O) groups excluding carboxylic acids is 3. The van der Waals surface area contributed by atoms with Gasteiger partial charge in [-0.3, -0.25) is 14.4 Å². The van der Waals surface area contributed by atoms with Gasteiger partial charge in [-0.05, 0) is 116 Å². The topological polar surface area (TPSA) is 78.9 Å². The molecule has 1 atom stereocenters. The normalized spacial score (nSPS) is 12.8. The maximum absolute atomic E-state index is 12.8. The molecule has 0 saturated carbocycles. The number of allylic oxidation sites excluding steroid dienone is 14. The Balaban J connectivity index is 4.50. The molecule has 0 aliphatic rings. The fourth-order valence-electron chi connectivity index (χ4n) is 6.75.